The second kappa shape index (κ2) is 8.28. The average molecular weight is 405 g/mol. The summed E-state index contributed by atoms with van der Waals surface area (Å²) in [7, 11) is 0. The average Bonchev–Trinajstić information content (AvgIpc) is 3.33. The lowest BCUT2D eigenvalue weighted by Gasteiger charge is -2.18. The Morgan fingerprint density at radius 3 is 2.70 bits per heavy atom. The Labute approximate surface area is 176 Å². The molecule has 0 aliphatic rings. The number of anilines is 1. The van der Waals surface area contributed by atoms with E-state index >= 15 is 0 Å². The number of hydrogen-bond donors (Lipinski definition) is 1. The molecule has 156 valence electrons. The van der Waals surface area contributed by atoms with E-state index in [1.165, 1.54) is 5.52 Å². The molecule has 7 nitrogen and oxygen atoms in total. The van der Waals surface area contributed by atoms with Gasteiger partial charge in [0, 0.05) is 47.3 Å². The van der Waals surface area contributed by atoms with Crippen LogP contribution in [0, 0.1) is 13.8 Å². The molecule has 0 aliphatic heterocycles. The predicted molar refractivity (Wildman–Crippen MR) is 120 cm³/mol. The molecule has 3 aromatic heterocycles. The van der Waals surface area contributed by atoms with Crippen molar-refractivity contribution in [3.8, 4) is 0 Å². The van der Waals surface area contributed by atoms with Crippen LogP contribution in [-0.2, 0) is 6.54 Å². The molecule has 0 aliphatic carbocycles. The van der Waals surface area contributed by atoms with E-state index in [0.29, 0.717) is 11.2 Å². The minimum Gasteiger partial charge on any atom is -0.346 e. The lowest BCUT2D eigenvalue weighted by molar-refractivity contribution is 0.102. The van der Waals surface area contributed by atoms with Crippen molar-refractivity contribution in [2.45, 2.75) is 34.2 Å². The van der Waals surface area contributed by atoms with Gasteiger partial charge in [0.25, 0.3) is 5.91 Å². The zero-order valence-corrected chi connectivity index (χ0v) is 18.0. The van der Waals surface area contributed by atoms with Gasteiger partial charge < -0.3 is 14.8 Å². The van der Waals surface area contributed by atoms with E-state index in [2.05, 4.69) is 57.0 Å². The molecule has 1 aromatic carbocycles. The smallest absolute Gasteiger partial charge is 0.261 e. The number of nitrogens with one attached hydrogen (secondary N) is 1. The number of aryl methyl sites for hydroxylation is 2. The number of rotatable bonds is 7. The van der Waals surface area contributed by atoms with Crippen molar-refractivity contribution in [2.24, 2.45) is 0 Å². The van der Waals surface area contributed by atoms with Gasteiger partial charge in [0.05, 0.1) is 6.20 Å². The Balaban J connectivity index is 1.54. The molecular formula is C23H28N6O. The summed E-state index contributed by atoms with van der Waals surface area (Å²) in [4.78, 5) is 19.8. The van der Waals surface area contributed by atoms with Gasteiger partial charge in [-0.15, -0.1) is 0 Å². The first kappa shape index (κ1) is 20.1. The first-order valence-electron chi connectivity index (χ1n) is 10.4. The van der Waals surface area contributed by atoms with Gasteiger partial charge in [-0.1, -0.05) is 13.8 Å². The largest absolute Gasteiger partial charge is 0.346 e. The number of fused-ring (bicyclic) bond motifs is 2. The van der Waals surface area contributed by atoms with Crippen LogP contribution in [0.5, 0.6) is 0 Å². The highest BCUT2D eigenvalue weighted by molar-refractivity contribution is 6.08. The fraction of sp³-hybridized carbons (Fsp3) is 0.348. The van der Waals surface area contributed by atoms with Crippen LogP contribution in [-0.4, -0.2) is 49.6 Å². The molecule has 0 saturated carbocycles. The van der Waals surface area contributed by atoms with Crippen molar-refractivity contribution in [3.05, 3.63) is 59.7 Å². The molecule has 0 bridgehead atoms. The van der Waals surface area contributed by atoms with Crippen molar-refractivity contribution in [1.82, 2.24) is 24.1 Å². The molecule has 4 rings (SSSR count). The van der Waals surface area contributed by atoms with E-state index in [4.69, 9.17) is 0 Å². The van der Waals surface area contributed by atoms with Gasteiger partial charge >= 0.3 is 0 Å². The summed E-state index contributed by atoms with van der Waals surface area (Å²) in [6.07, 6.45) is 3.69. The summed E-state index contributed by atoms with van der Waals surface area (Å²) in [6.45, 7) is 12.3. The van der Waals surface area contributed by atoms with Gasteiger partial charge in [0.1, 0.15) is 5.56 Å². The molecule has 0 fully saturated rings. The van der Waals surface area contributed by atoms with Crippen LogP contribution < -0.4 is 5.32 Å². The normalized spacial score (nSPS) is 11.6. The SMILES string of the molecule is CCN(CC)CCn1ccc2cc(NC(=O)c3cnn4c(C)cc(C)nc34)ccc21. The van der Waals surface area contributed by atoms with E-state index < -0.39 is 0 Å². The first-order valence-corrected chi connectivity index (χ1v) is 10.4. The van der Waals surface area contributed by atoms with Gasteiger partial charge in [-0.25, -0.2) is 9.50 Å². The number of carbonyl (C=O) groups is 1. The highest BCUT2D eigenvalue weighted by Gasteiger charge is 2.16. The molecule has 1 N–H and O–H groups in total. The maximum atomic E-state index is 12.9. The Hall–Kier alpha value is -3.19. The van der Waals surface area contributed by atoms with E-state index in [1.54, 1.807) is 10.7 Å². The van der Waals surface area contributed by atoms with Gasteiger partial charge in [-0.2, -0.15) is 5.10 Å². The molecule has 0 spiro atoms. The number of aromatic nitrogens is 4. The van der Waals surface area contributed by atoms with Crippen molar-refractivity contribution in [3.63, 3.8) is 0 Å². The number of nitrogens with zero attached hydrogens (tertiary/aromatic N) is 5. The molecule has 1 amide bonds. The van der Waals surface area contributed by atoms with Crippen molar-refractivity contribution in [1.29, 1.82) is 0 Å². The third-order valence-corrected chi connectivity index (χ3v) is 5.60. The Kier molecular flexibility index (Phi) is 5.55. The summed E-state index contributed by atoms with van der Waals surface area (Å²) in [5.74, 6) is -0.206. The monoisotopic (exact) mass is 404 g/mol. The fourth-order valence-corrected chi connectivity index (χ4v) is 3.89. The quantitative estimate of drug-likeness (QED) is 0.507. The van der Waals surface area contributed by atoms with Crippen LogP contribution in [0.2, 0.25) is 0 Å². The van der Waals surface area contributed by atoms with Crippen LogP contribution in [0.3, 0.4) is 0 Å². The Morgan fingerprint density at radius 1 is 1.13 bits per heavy atom. The van der Waals surface area contributed by atoms with Crippen LogP contribution in [0.1, 0.15) is 35.6 Å². The number of benzene rings is 1. The highest BCUT2D eigenvalue weighted by Crippen LogP contribution is 2.22. The fourth-order valence-electron chi connectivity index (χ4n) is 3.89. The zero-order valence-electron chi connectivity index (χ0n) is 18.0. The maximum absolute atomic E-state index is 12.9. The lowest BCUT2D eigenvalue weighted by atomic mass is 10.2. The third kappa shape index (κ3) is 3.80. The van der Waals surface area contributed by atoms with E-state index in [1.807, 2.05) is 32.0 Å². The molecule has 7 heteroatoms. The number of likely N-dealkylation sites (N-methyl/N-ethyl adjacent to an activating group) is 1. The van der Waals surface area contributed by atoms with Crippen LogP contribution in [0.25, 0.3) is 16.6 Å². The molecule has 4 aromatic rings. The van der Waals surface area contributed by atoms with Gasteiger partial charge in [-0.05, 0) is 57.3 Å². The lowest BCUT2D eigenvalue weighted by Crippen LogP contribution is -2.26. The molecular weight excluding hydrogens is 376 g/mol. The van der Waals surface area contributed by atoms with E-state index in [9.17, 15) is 4.79 Å². The molecule has 0 unspecified atom stereocenters. The van der Waals surface area contributed by atoms with Crippen molar-refractivity contribution < 1.29 is 4.79 Å². The first-order chi connectivity index (χ1) is 14.5. The van der Waals surface area contributed by atoms with Crippen molar-refractivity contribution >= 4 is 28.1 Å². The van der Waals surface area contributed by atoms with E-state index in [0.717, 1.165) is 48.6 Å². The topological polar surface area (TPSA) is 67.5 Å². The molecule has 3 heterocycles. The second-order valence-electron chi connectivity index (χ2n) is 7.60. The standard InChI is InChI=1S/C23H28N6O/c1-5-27(6-2)11-12-28-10-9-18-14-19(7-8-21(18)28)26-23(30)20-15-24-29-17(4)13-16(3)25-22(20)29/h7-10,13-15H,5-6,11-12H2,1-4H3,(H,26,30). The highest BCUT2D eigenvalue weighted by atomic mass is 16.1. The van der Waals surface area contributed by atoms with Crippen molar-refractivity contribution in [2.75, 3.05) is 25.0 Å². The van der Waals surface area contributed by atoms with Gasteiger partial charge in [-0.3, -0.25) is 4.79 Å². The summed E-state index contributed by atoms with van der Waals surface area (Å²) >= 11 is 0. The summed E-state index contributed by atoms with van der Waals surface area (Å²) in [5, 5.41) is 8.41. The Bertz CT molecular complexity index is 1200. The molecule has 0 saturated heterocycles. The summed E-state index contributed by atoms with van der Waals surface area (Å²) < 4.78 is 3.96. The zero-order chi connectivity index (χ0) is 21.3. The van der Waals surface area contributed by atoms with Gasteiger partial charge in [0.15, 0.2) is 5.65 Å². The molecule has 0 radical (unpaired) electrons. The maximum Gasteiger partial charge on any atom is 0.261 e. The van der Waals surface area contributed by atoms with Crippen LogP contribution in [0.15, 0.2) is 42.7 Å². The van der Waals surface area contributed by atoms with Crippen LogP contribution >= 0.6 is 0 Å². The van der Waals surface area contributed by atoms with Crippen LogP contribution in [0.4, 0.5) is 5.69 Å². The molecule has 30 heavy (non-hydrogen) atoms. The molecule has 0 atom stereocenters. The minimum absolute atomic E-state index is 0.206. The Morgan fingerprint density at radius 2 is 1.93 bits per heavy atom. The number of hydrogen-bond acceptors (Lipinski definition) is 4. The summed E-state index contributed by atoms with van der Waals surface area (Å²) in [6, 6.07) is 10.1. The number of carbonyl (C=O) groups excluding carboxylic acids is 1. The minimum atomic E-state index is -0.206. The third-order valence-electron chi connectivity index (χ3n) is 5.60. The van der Waals surface area contributed by atoms with Gasteiger partial charge in [0.2, 0.25) is 0 Å². The number of amides is 1. The second-order valence-corrected chi connectivity index (χ2v) is 7.60. The van der Waals surface area contributed by atoms with E-state index in [-0.39, 0.29) is 5.91 Å². The summed E-state index contributed by atoms with van der Waals surface area (Å²) in [5.41, 5.74) is 4.79. The predicted octanol–water partition coefficient (Wildman–Crippen LogP) is 3.89.